The maximum Gasteiger partial charge on any atom is 0.224 e. The van der Waals surface area contributed by atoms with Gasteiger partial charge in [0.1, 0.15) is 0 Å². The molecule has 8 atom stereocenters. The van der Waals surface area contributed by atoms with Crippen LogP contribution in [0.15, 0.2) is 0 Å². The van der Waals surface area contributed by atoms with Gasteiger partial charge >= 0.3 is 0 Å². The Balaban J connectivity index is 1.53. The number of Topliss-reactive ketones (excluding diaryl/α,β-unsaturated/α-hetero) is 1. The zero-order valence-electron chi connectivity index (χ0n) is 17.8. The smallest absolute Gasteiger partial charge is 0.224 e. The van der Waals surface area contributed by atoms with Crippen LogP contribution in [0.25, 0.3) is 0 Å². The molecule has 4 aliphatic rings. The Morgan fingerprint density at radius 1 is 1.04 bits per heavy atom. The van der Waals surface area contributed by atoms with E-state index in [-0.39, 0.29) is 34.3 Å². The molecule has 1 saturated heterocycles. The fourth-order valence-corrected chi connectivity index (χ4v) is 7.55. The maximum atomic E-state index is 13.0. The topological polar surface area (TPSA) is 75.3 Å². The average Bonchev–Trinajstić information content (AvgIpc) is 2.99. The highest BCUT2D eigenvalue weighted by Crippen LogP contribution is 2.65. The first-order valence-corrected chi connectivity index (χ1v) is 11.3. The first-order valence-electron chi connectivity index (χ1n) is 11.3. The number of rotatable bonds is 3. The zero-order chi connectivity index (χ0) is 20.3. The molecule has 0 aromatic rings. The molecule has 4 fully saturated rings. The third-order valence-corrected chi connectivity index (χ3v) is 9.38. The number of amides is 2. The van der Waals surface area contributed by atoms with Crippen molar-refractivity contribution >= 4 is 17.6 Å². The highest BCUT2D eigenvalue weighted by Gasteiger charge is 2.61. The van der Waals surface area contributed by atoms with Crippen LogP contribution in [0.1, 0.15) is 79.1 Å². The molecule has 0 aromatic carbocycles. The summed E-state index contributed by atoms with van der Waals surface area (Å²) in [5.74, 6) is 2.25. The second-order valence-electron chi connectivity index (χ2n) is 10.6. The lowest BCUT2D eigenvalue weighted by molar-refractivity contribution is -0.142. The Morgan fingerprint density at radius 3 is 2.46 bits per heavy atom. The van der Waals surface area contributed by atoms with Crippen LogP contribution in [0.3, 0.4) is 0 Å². The molecule has 0 radical (unpaired) electrons. The first kappa shape index (κ1) is 19.9. The minimum atomic E-state index is -0.397. The molecular weight excluding hydrogens is 352 g/mol. The van der Waals surface area contributed by atoms with Gasteiger partial charge in [-0.25, -0.2) is 0 Å². The molecule has 0 bridgehead atoms. The van der Waals surface area contributed by atoms with E-state index in [1.165, 1.54) is 13.3 Å². The van der Waals surface area contributed by atoms with Gasteiger partial charge in [-0.05, 0) is 87.4 Å². The van der Waals surface area contributed by atoms with E-state index < -0.39 is 6.04 Å². The summed E-state index contributed by atoms with van der Waals surface area (Å²) in [6, 6.07) is -0.0667. The van der Waals surface area contributed by atoms with Crippen LogP contribution in [-0.4, -0.2) is 29.7 Å². The summed E-state index contributed by atoms with van der Waals surface area (Å²) >= 11 is 0. The predicted molar refractivity (Wildman–Crippen MR) is 107 cm³/mol. The Hall–Kier alpha value is -1.39. The SMILES string of the molecule is CC(=O)C(C)NC(=O)[C@@H]1CC[C@@H]2[C@H]3CC[C@H]4NC(=O)CC[C@]4(C)[C@@H]3CC[C@]21C. The zero-order valence-corrected chi connectivity index (χ0v) is 17.8. The van der Waals surface area contributed by atoms with Gasteiger partial charge in [-0.3, -0.25) is 14.4 Å². The number of fused-ring (bicyclic) bond motifs is 5. The van der Waals surface area contributed by atoms with Crippen LogP contribution in [-0.2, 0) is 14.4 Å². The molecule has 3 saturated carbocycles. The van der Waals surface area contributed by atoms with Gasteiger partial charge in [-0.15, -0.1) is 0 Å². The lowest BCUT2D eigenvalue weighted by Crippen LogP contribution is -2.61. The predicted octanol–water partition coefficient (Wildman–Crippen LogP) is 3.22. The van der Waals surface area contributed by atoms with Gasteiger partial charge in [0, 0.05) is 18.4 Å². The average molecular weight is 389 g/mol. The van der Waals surface area contributed by atoms with Crippen molar-refractivity contribution in [2.24, 2.45) is 34.5 Å². The third-order valence-electron chi connectivity index (χ3n) is 9.38. The van der Waals surface area contributed by atoms with Crippen LogP contribution in [0.4, 0.5) is 0 Å². The van der Waals surface area contributed by atoms with Crippen LogP contribution in [0.2, 0.25) is 0 Å². The van der Waals surface area contributed by atoms with E-state index in [9.17, 15) is 14.4 Å². The molecule has 5 heteroatoms. The second kappa shape index (κ2) is 6.84. The number of carbonyl (C=O) groups excluding carboxylic acids is 3. The summed E-state index contributed by atoms with van der Waals surface area (Å²) in [4.78, 5) is 36.5. The van der Waals surface area contributed by atoms with Crippen molar-refractivity contribution < 1.29 is 14.4 Å². The molecule has 1 heterocycles. The van der Waals surface area contributed by atoms with Crippen LogP contribution >= 0.6 is 0 Å². The van der Waals surface area contributed by atoms with Gasteiger partial charge in [-0.1, -0.05) is 13.8 Å². The number of piperidine rings is 1. The van der Waals surface area contributed by atoms with Crippen molar-refractivity contribution in [3.63, 3.8) is 0 Å². The van der Waals surface area contributed by atoms with Gasteiger partial charge < -0.3 is 10.6 Å². The standard InChI is InChI=1S/C23H36N2O3/c1-13(14(2)26)24-21(28)18-7-6-16-15-5-8-19-23(4,12-10-20(27)25-19)17(15)9-11-22(16,18)3/h13,15-19H,5-12H2,1-4H3,(H,24,28)(H,25,27)/t13?,15-,16-,17-,18+,19-,22-,23-/m1/s1. The highest BCUT2D eigenvalue weighted by atomic mass is 16.2. The monoisotopic (exact) mass is 388 g/mol. The summed E-state index contributed by atoms with van der Waals surface area (Å²) in [6.45, 7) is 8.06. The van der Waals surface area contributed by atoms with Gasteiger partial charge in [0.25, 0.3) is 0 Å². The number of nitrogens with one attached hydrogen (secondary N) is 2. The molecule has 4 rings (SSSR count). The molecule has 0 spiro atoms. The molecule has 1 aliphatic heterocycles. The summed E-state index contributed by atoms with van der Waals surface area (Å²) in [5, 5.41) is 6.26. The van der Waals surface area contributed by atoms with Crippen molar-refractivity contribution in [3.05, 3.63) is 0 Å². The van der Waals surface area contributed by atoms with E-state index in [2.05, 4.69) is 24.5 Å². The summed E-state index contributed by atoms with van der Waals surface area (Å²) in [5.41, 5.74) is 0.254. The van der Waals surface area contributed by atoms with E-state index in [1.807, 2.05) is 0 Å². The Kier molecular flexibility index (Phi) is 4.86. The van der Waals surface area contributed by atoms with Crippen LogP contribution < -0.4 is 10.6 Å². The number of carbonyl (C=O) groups is 3. The minimum Gasteiger partial charge on any atom is -0.353 e. The largest absolute Gasteiger partial charge is 0.353 e. The molecule has 2 N–H and O–H groups in total. The molecule has 3 aliphatic carbocycles. The molecule has 2 amide bonds. The highest BCUT2D eigenvalue weighted by molar-refractivity contribution is 5.88. The molecule has 156 valence electrons. The van der Waals surface area contributed by atoms with Gasteiger partial charge in [0.15, 0.2) is 5.78 Å². The van der Waals surface area contributed by atoms with E-state index in [4.69, 9.17) is 0 Å². The molecule has 28 heavy (non-hydrogen) atoms. The molecule has 1 unspecified atom stereocenters. The first-order chi connectivity index (χ1) is 13.2. The summed E-state index contributed by atoms with van der Waals surface area (Å²) < 4.78 is 0. The molecule has 5 nitrogen and oxygen atoms in total. The molecule has 0 aromatic heterocycles. The number of ketones is 1. The fraction of sp³-hybridized carbons (Fsp3) is 0.870. The van der Waals surface area contributed by atoms with E-state index in [0.29, 0.717) is 30.2 Å². The number of hydrogen-bond donors (Lipinski definition) is 2. The Bertz CT molecular complexity index is 691. The minimum absolute atomic E-state index is 0.0161. The lowest BCUT2D eigenvalue weighted by atomic mass is 9.47. The van der Waals surface area contributed by atoms with Gasteiger partial charge in [-0.2, -0.15) is 0 Å². The maximum absolute atomic E-state index is 13.0. The van der Waals surface area contributed by atoms with Crippen molar-refractivity contribution in [2.75, 3.05) is 0 Å². The van der Waals surface area contributed by atoms with E-state index >= 15 is 0 Å². The van der Waals surface area contributed by atoms with Crippen LogP contribution in [0, 0.1) is 34.5 Å². The lowest BCUT2D eigenvalue weighted by Gasteiger charge is -2.60. The van der Waals surface area contributed by atoms with Gasteiger partial charge in [0.2, 0.25) is 11.8 Å². The Labute approximate surface area is 168 Å². The third kappa shape index (κ3) is 2.91. The van der Waals surface area contributed by atoms with Crippen LogP contribution in [0.5, 0.6) is 0 Å². The Morgan fingerprint density at radius 2 is 1.75 bits per heavy atom. The summed E-state index contributed by atoms with van der Waals surface area (Å²) in [7, 11) is 0. The van der Waals surface area contributed by atoms with Crippen molar-refractivity contribution in [3.8, 4) is 0 Å². The van der Waals surface area contributed by atoms with Crippen molar-refractivity contribution in [1.29, 1.82) is 0 Å². The van der Waals surface area contributed by atoms with Crippen molar-refractivity contribution in [1.82, 2.24) is 10.6 Å². The molecular formula is C23H36N2O3. The van der Waals surface area contributed by atoms with Crippen molar-refractivity contribution in [2.45, 2.75) is 91.1 Å². The quantitative estimate of drug-likeness (QED) is 0.779. The second-order valence-corrected chi connectivity index (χ2v) is 10.6. The number of hydrogen-bond acceptors (Lipinski definition) is 3. The van der Waals surface area contributed by atoms with E-state index in [1.54, 1.807) is 6.92 Å². The summed E-state index contributed by atoms with van der Waals surface area (Å²) in [6.07, 6.45) is 8.22. The fourth-order valence-electron chi connectivity index (χ4n) is 7.55. The normalized spacial score (nSPS) is 45.9. The van der Waals surface area contributed by atoms with E-state index in [0.717, 1.165) is 38.5 Å². The van der Waals surface area contributed by atoms with Gasteiger partial charge in [0.05, 0.1) is 6.04 Å².